The number of hydrogen-bond acceptors (Lipinski definition) is 5. The fourth-order valence-corrected chi connectivity index (χ4v) is 3.18. The van der Waals surface area contributed by atoms with E-state index < -0.39 is 11.6 Å². The smallest absolute Gasteiger partial charge is 0.348 e. The van der Waals surface area contributed by atoms with Crippen LogP contribution in [0.15, 0.2) is 59.4 Å². The lowest BCUT2D eigenvalue weighted by atomic mass is 10.2. The summed E-state index contributed by atoms with van der Waals surface area (Å²) in [6.07, 6.45) is 0. The van der Waals surface area contributed by atoms with Gasteiger partial charge in [0.25, 0.3) is 5.91 Å². The minimum Gasteiger partial charge on any atom is -0.369 e. The first-order valence-corrected chi connectivity index (χ1v) is 9.20. The van der Waals surface area contributed by atoms with Crippen LogP contribution in [0.25, 0.3) is 5.69 Å². The van der Waals surface area contributed by atoms with Crippen molar-refractivity contribution in [3.05, 3.63) is 70.9 Å². The Kier molecular flexibility index (Phi) is 4.94. The van der Waals surface area contributed by atoms with Crippen LogP contribution in [0.1, 0.15) is 10.6 Å². The standard InChI is InChI=1S/C20H22N6O2/c1-24-11-13-25(14-12-24)16-9-7-15(8-10-16)21-19(27)18-22-20(28)26(23-18)17-5-3-2-4-6-17/h2-10H,11-14H2,1H3,(H,21,27)(H,22,23,28). The molecule has 0 radical (unpaired) electrons. The number of hydrogen-bond donors (Lipinski definition) is 2. The molecule has 0 bridgehead atoms. The Balaban J connectivity index is 1.45. The van der Waals surface area contributed by atoms with Crippen LogP contribution < -0.4 is 15.9 Å². The maximum atomic E-state index is 12.5. The second-order valence-electron chi connectivity index (χ2n) is 6.82. The number of H-pyrrole nitrogens is 1. The number of carbonyl (C=O) groups is 1. The first-order chi connectivity index (χ1) is 13.6. The number of amides is 1. The average molecular weight is 378 g/mol. The number of benzene rings is 2. The molecule has 0 atom stereocenters. The second kappa shape index (κ2) is 7.69. The number of aromatic amines is 1. The molecule has 1 aromatic heterocycles. The Morgan fingerprint density at radius 3 is 2.32 bits per heavy atom. The minimum absolute atomic E-state index is 0.0306. The van der Waals surface area contributed by atoms with E-state index in [1.807, 2.05) is 30.3 Å². The van der Waals surface area contributed by atoms with Gasteiger partial charge in [-0.3, -0.25) is 9.78 Å². The Labute approximate surface area is 162 Å². The molecule has 144 valence electrons. The molecular formula is C20H22N6O2. The third kappa shape index (κ3) is 3.81. The van der Waals surface area contributed by atoms with Crippen molar-refractivity contribution in [3.8, 4) is 5.69 Å². The highest BCUT2D eigenvalue weighted by atomic mass is 16.2. The summed E-state index contributed by atoms with van der Waals surface area (Å²) in [7, 11) is 2.12. The van der Waals surface area contributed by atoms with Gasteiger partial charge in [0.2, 0.25) is 5.82 Å². The molecule has 2 aromatic carbocycles. The van der Waals surface area contributed by atoms with Gasteiger partial charge in [0.15, 0.2) is 0 Å². The summed E-state index contributed by atoms with van der Waals surface area (Å²) in [4.78, 5) is 31.7. The van der Waals surface area contributed by atoms with Gasteiger partial charge in [0.05, 0.1) is 5.69 Å². The van der Waals surface area contributed by atoms with E-state index in [2.05, 4.69) is 32.2 Å². The van der Waals surface area contributed by atoms with Gasteiger partial charge in [-0.05, 0) is 43.4 Å². The lowest BCUT2D eigenvalue weighted by Gasteiger charge is -2.34. The first-order valence-electron chi connectivity index (χ1n) is 9.20. The van der Waals surface area contributed by atoms with Crippen LogP contribution in [0.5, 0.6) is 0 Å². The molecule has 0 unspecified atom stereocenters. The van der Waals surface area contributed by atoms with Crippen molar-refractivity contribution < 1.29 is 4.79 Å². The molecule has 0 spiro atoms. The van der Waals surface area contributed by atoms with E-state index >= 15 is 0 Å². The number of aromatic nitrogens is 3. The van der Waals surface area contributed by atoms with Crippen molar-refractivity contribution >= 4 is 17.3 Å². The lowest BCUT2D eigenvalue weighted by molar-refractivity contribution is 0.101. The number of nitrogens with zero attached hydrogens (tertiary/aromatic N) is 4. The summed E-state index contributed by atoms with van der Waals surface area (Å²) in [6, 6.07) is 16.7. The zero-order chi connectivity index (χ0) is 19.5. The fraction of sp³-hybridized carbons (Fsp3) is 0.250. The SMILES string of the molecule is CN1CCN(c2ccc(NC(=O)c3nn(-c4ccccc4)c(=O)[nH]3)cc2)CC1. The highest BCUT2D eigenvalue weighted by molar-refractivity contribution is 6.01. The highest BCUT2D eigenvalue weighted by Crippen LogP contribution is 2.19. The Hall–Kier alpha value is -3.39. The molecule has 1 amide bonds. The van der Waals surface area contributed by atoms with Crippen molar-refractivity contribution in [1.29, 1.82) is 0 Å². The number of likely N-dealkylation sites (N-methyl/N-ethyl adjacent to an activating group) is 1. The zero-order valence-electron chi connectivity index (χ0n) is 15.6. The van der Waals surface area contributed by atoms with Crippen LogP contribution in [-0.2, 0) is 0 Å². The summed E-state index contributed by atoms with van der Waals surface area (Å²) in [6.45, 7) is 4.05. The number of nitrogens with one attached hydrogen (secondary N) is 2. The summed E-state index contributed by atoms with van der Waals surface area (Å²) < 4.78 is 1.17. The van der Waals surface area contributed by atoms with Gasteiger partial charge < -0.3 is 15.1 Å². The van der Waals surface area contributed by atoms with E-state index in [0.29, 0.717) is 11.4 Å². The molecule has 4 rings (SSSR count). The van der Waals surface area contributed by atoms with Gasteiger partial charge in [0.1, 0.15) is 0 Å². The largest absolute Gasteiger partial charge is 0.369 e. The van der Waals surface area contributed by atoms with Crippen molar-refractivity contribution in [3.63, 3.8) is 0 Å². The minimum atomic E-state index is -0.459. The van der Waals surface area contributed by atoms with Crippen LogP contribution in [0.2, 0.25) is 0 Å². The topological polar surface area (TPSA) is 86.3 Å². The van der Waals surface area contributed by atoms with Gasteiger partial charge in [-0.25, -0.2) is 4.79 Å². The van der Waals surface area contributed by atoms with Crippen LogP contribution in [0, 0.1) is 0 Å². The Morgan fingerprint density at radius 1 is 0.964 bits per heavy atom. The van der Waals surface area contributed by atoms with E-state index in [0.717, 1.165) is 31.9 Å². The van der Waals surface area contributed by atoms with Gasteiger partial charge in [-0.1, -0.05) is 18.2 Å². The quantitative estimate of drug-likeness (QED) is 0.720. The van der Waals surface area contributed by atoms with E-state index in [1.54, 1.807) is 24.3 Å². The molecule has 2 N–H and O–H groups in total. The molecule has 8 nitrogen and oxygen atoms in total. The van der Waals surface area contributed by atoms with E-state index in [4.69, 9.17) is 0 Å². The van der Waals surface area contributed by atoms with Gasteiger partial charge >= 0.3 is 5.69 Å². The highest BCUT2D eigenvalue weighted by Gasteiger charge is 2.16. The molecule has 1 aliphatic rings. The molecule has 1 saturated heterocycles. The number of para-hydroxylation sites is 1. The molecule has 0 saturated carbocycles. The van der Waals surface area contributed by atoms with E-state index in [1.165, 1.54) is 4.68 Å². The van der Waals surface area contributed by atoms with E-state index in [-0.39, 0.29) is 5.82 Å². The molecule has 3 aromatic rings. The number of anilines is 2. The zero-order valence-corrected chi connectivity index (χ0v) is 15.6. The summed E-state index contributed by atoms with van der Waals surface area (Å²) >= 11 is 0. The predicted octanol–water partition coefficient (Wildman–Crippen LogP) is 1.56. The summed E-state index contributed by atoms with van der Waals surface area (Å²) in [5, 5.41) is 6.87. The first kappa shape index (κ1) is 18.0. The van der Waals surface area contributed by atoms with Crippen molar-refractivity contribution in [2.75, 3.05) is 43.4 Å². The number of piperazine rings is 1. The van der Waals surface area contributed by atoms with Crippen LogP contribution in [0.4, 0.5) is 11.4 Å². The monoisotopic (exact) mass is 378 g/mol. The van der Waals surface area contributed by atoms with Crippen LogP contribution in [-0.4, -0.2) is 58.8 Å². The van der Waals surface area contributed by atoms with Gasteiger partial charge in [0, 0.05) is 37.6 Å². The maximum absolute atomic E-state index is 12.5. The molecule has 1 aliphatic heterocycles. The Bertz CT molecular complexity index is 1000. The van der Waals surface area contributed by atoms with Crippen molar-refractivity contribution in [2.24, 2.45) is 0 Å². The number of carbonyl (C=O) groups excluding carboxylic acids is 1. The van der Waals surface area contributed by atoms with E-state index in [9.17, 15) is 9.59 Å². The van der Waals surface area contributed by atoms with Crippen LogP contribution >= 0.6 is 0 Å². The number of rotatable bonds is 4. The fourth-order valence-electron chi connectivity index (χ4n) is 3.18. The molecular weight excluding hydrogens is 356 g/mol. The average Bonchev–Trinajstić information content (AvgIpc) is 3.12. The van der Waals surface area contributed by atoms with Gasteiger partial charge in [-0.2, -0.15) is 4.68 Å². The summed E-state index contributed by atoms with van der Waals surface area (Å²) in [5.74, 6) is -0.490. The molecule has 28 heavy (non-hydrogen) atoms. The summed E-state index contributed by atoms with van der Waals surface area (Å²) in [5.41, 5.74) is 1.92. The molecule has 8 heteroatoms. The molecule has 0 aliphatic carbocycles. The van der Waals surface area contributed by atoms with Crippen molar-refractivity contribution in [2.45, 2.75) is 0 Å². The van der Waals surface area contributed by atoms with Crippen molar-refractivity contribution in [1.82, 2.24) is 19.7 Å². The Morgan fingerprint density at radius 2 is 1.64 bits per heavy atom. The lowest BCUT2D eigenvalue weighted by Crippen LogP contribution is -2.44. The second-order valence-corrected chi connectivity index (χ2v) is 6.82. The third-order valence-corrected chi connectivity index (χ3v) is 4.83. The van der Waals surface area contributed by atoms with Gasteiger partial charge in [-0.15, -0.1) is 5.10 Å². The van der Waals surface area contributed by atoms with Crippen LogP contribution in [0.3, 0.4) is 0 Å². The third-order valence-electron chi connectivity index (χ3n) is 4.83. The molecule has 1 fully saturated rings. The predicted molar refractivity (Wildman–Crippen MR) is 108 cm³/mol. The maximum Gasteiger partial charge on any atom is 0.348 e. The molecule has 2 heterocycles. The normalized spacial score (nSPS) is 14.8.